The van der Waals surface area contributed by atoms with Crippen molar-refractivity contribution in [3.63, 3.8) is 0 Å². The van der Waals surface area contributed by atoms with Crippen LogP contribution in [-0.2, 0) is 0 Å². The topological polar surface area (TPSA) is 68.0 Å². The van der Waals surface area contributed by atoms with E-state index in [0.29, 0.717) is 32.7 Å². The molecule has 1 amide bonds. The number of carbonyl (C=O) groups is 1. The van der Waals surface area contributed by atoms with Gasteiger partial charge in [0.15, 0.2) is 0 Å². The van der Waals surface area contributed by atoms with Crippen LogP contribution in [0.4, 0.5) is 10.1 Å². The van der Waals surface area contributed by atoms with Gasteiger partial charge in [-0.05, 0) is 47.2 Å². The van der Waals surface area contributed by atoms with Crippen molar-refractivity contribution in [1.29, 1.82) is 0 Å². The molecule has 0 bridgehead atoms. The predicted octanol–water partition coefficient (Wildman–Crippen LogP) is 4.92. The van der Waals surface area contributed by atoms with E-state index in [9.17, 15) is 9.18 Å². The summed E-state index contributed by atoms with van der Waals surface area (Å²) in [7, 11) is 0. The largest absolute Gasteiger partial charge is 0.333 e. The van der Waals surface area contributed by atoms with Gasteiger partial charge in [-0.1, -0.05) is 11.2 Å². The summed E-state index contributed by atoms with van der Waals surface area (Å²) in [5.41, 5.74) is 1.26. The van der Waals surface area contributed by atoms with Crippen LogP contribution in [0.2, 0.25) is 0 Å². The summed E-state index contributed by atoms with van der Waals surface area (Å²) in [5.74, 6) is 0.145. The molecule has 0 saturated carbocycles. The third kappa shape index (κ3) is 3.21. The maximum absolute atomic E-state index is 13.0. The van der Waals surface area contributed by atoms with Crippen molar-refractivity contribution >= 4 is 34.3 Å². The summed E-state index contributed by atoms with van der Waals surface area (Å²) in [4.78, 5) is 17.9. The molecule has 0 spiro atoms. The SMILES string of the molecule is O=C(Nc1ccsc1-c1nc(-c2ccc(F)cc2)no1)c1cccs1. The number of hydrogen-bond acceptors (Lipinski definition) is 6. The maximum atomic E-state index is 13.0. The lowest BCUT2D eigenvalue weighted by molar-refractivity contribution is 0.103. The quantitative estimate of drug-likeness (QED) is 0.553. The molecule has 0 aliphatic carbocycles. The van der Waals surface area contributed by atoms with E-state index in [1.165, 1.54) is 34.8 Å². The Morgan fingerprint density at radius 1 is 1.08 bits per heavy atom. The molecule has 8 heteroatoms. The standard InChI is InChI=1S/C17H10FN3O2S2/c18-11-5-3-10(4-6-11)15-20-17(23-21-15)14-12(7-9-25-14)19-16(22)13-2-1-8-24-13/h1-9H,(H,19,22). The molecule has 0 radical (unpaired) electrons. The first-order chi connectivity index (χ1) is 12.2. The first-order valence-electron chi connectivity index (χ1n) is 7.23. The van der Waals surface area contributed by atoms with E-state index >= 15 is 0 Å². The van der Waals surface area contributed by atoms with E-state index in [1.807, 2.05) is 16.8 Å². The number of benzene rings is 1. The van der Waals surface area contributed by atoms with Gasteiger partial charge in [0, 0.05) is 5.56 Å². The van der Waals surface area contributed by atoms with Crippen molar-refractivity contribution in [3.8, 4) is 22.2 Å². The van der Waals surface area contributed by atoms with Crippen molar-refractivity contribution in [2.75, 3.05) is 5.32 Å². The van der Waals surface area contributed by atoms with Crippen LogP contribution in [0.25, 0.3) is 22.2 Å². The molecule has 0 fully saturated rings. The van der Waals surface area contributed by atoms with Gasteiger partial charge in [-0.2, -0.15) is 4.98 Å². The molecule has 0 aliphatic rings. The summed E-state index contributed by atoms with van der Waals surface area (Å²) in [6.45, 7) is 0. The second-order valence-corrected chi connectivity index (χ2v) is 6.89. The van der Waals surface area contributed by atoms with Gasteiger partial charge in [-0.15, -0.1) is 22.7 Å². The molecule has 4 aromatic rings. The first kappa shape index (κ1) is 15.7. The van der Waals surface area contributed by atoms with Gasteiger partial charge in [0.2, 0.25) is 5.82 Å². The fraction of sp³-hybridized carbons (Fsp3) is 0. The fourth-order valence-electron chi connectivity index (χ4n) is 2.20. The minimum Gasteiger partial charge on any atom is -0.333 e. The number of aromatic nitrogens is 2. The van der Waals surface area contributed by atoms with Crippen molar-refractivity contribution in [2.24, 2.45) is 0 Å². The minimum atomic E-state index is -0.329. The van der Waals surface area contributed by atoms with Gasteiger partial charge in [0.25, 0.3) is 11.8 Å². The van der Waals surface area contributed by atoms with Crippen LogP contribution >= 0.6 is 22.7 Å². The van der Waals surface area contributed by atoms with E-state index in [-0.39, 0.29) is 11.7 Å². The average molecular weight is 371 g/mol. The van der Waals surface area contributed by atoms with Crippen molar-refractivity contribution in [3.05, 3.63) is 63.9 Å². The van der Waals surface area contributed by atoms with Crippen molar-refractivity contribution in [2.45, 2.75) is 0 Å². The summed E-state index contributed by atoms with van der Waals surface area (Å²) in [6, 6.07) is 11.2. The van der Waals surface area contributed by atoms with E-state index in [0.717, 1.165) is 0 Å². The molecule has 0 unspecified atom stereocenters. The second kappa shape index (κ2) is 6.58. The minimum absolute atomic E-state index is 0.187. The summed E-state index contributed by atoms with van der Waals surface area (Å²) >= 11 is 2.75. The zero-order valence-electron chi connectivity index (χ0n) is 12.6. The first-order valence-corrected chi connectivity index (χ1v) is 8.99. The van der Waals surface area contributed by atoms with Gasteiger partial charge in [-0.3, -0.25) is 4.79 Å². The number of halogens is 1. The van der Waals surface area contributed by atoms with Crippen LogP contribution in [0.5, 0.6) is 0 Å². The molecular formula is C17H10FN3O2S2. The van der Waals surface area contributed by atoms with Gasteiger partial charge >= 0.3 is 0 Å². The van der Waals surface area contributed by atoms with Crippen molar-refractivity contribution in [1.82, 2.24) is 10.1 Å². The van der Waals surface area contributed by atoms with E-state index in [1.54, 1.807) is 24.3 Å². The van der Waals surface area contributed by atoms with Gasteiger partial charge in [0.05, 0.1) is 10.6 Å². The number of hydrogen-bond donors (Lipinski definition) is 1. The Labute approximate surface area is 149 Å². The Balaban J connectivity index is 1.60. The highest BCUT2D eigenvalue weighted by Crippen LogP contribution is 2.34. The average Bonchev–Trinajstić information content (AvgIpc) is 3.36. The number of anilines is 1. The molecule has 3 heterocycles. The summed E-state index contributed by atoms with van der Waals surface area (Å²) < 4.78 is 18.3. The highest BCUT2D eigenvalue weighted by atomic mass is 32.1. The number of rotatable bonds is 4. The van der Waals surface area contributed by atoms with Crippen LogP contribution < -0.4 is 5.32 Å². The normalized spacial score (nSPS) is 10.8. The molecule has 25 heavy (non-hydrogen) atoms. The highest BCUT2D eigenvalue weighted by molar-refractivity contribution is 7.14. The lowest BCUT2D eigenvalue weighted by Crippen LogP contribution is -2.09. The molecule has 1 N–H and O–H groups in total. The summed E-state index contributed by atoms with van der Waals surface area (Å²) in [6.07, 6.45) is 0. The highest BCUT2D eigenvalue weighted by Gasteiger charge is 2.18. The van der Waals surface area contributed by atoms with Gasteiger partial charge in [0.1, 0.15) is 10.7 Å². The number of thiophene rings is 2. The molecule has 0 saturated heterocycles. The summed E-state index contributed by atoms with van der Waals surface area (Å²) in [5, 5.41) is 10.5. The molecule has 5 nitrogen and oxygen atoms in total. The number of carbonyl (C=O) groups excluding carboxylic acids is 1. The predicted molar refractivity (Wildman–Crippen MR) is 95.3 cm³/mol. The van der Waals surface area contributed by atoms with Crippen LogP contribution in [0.3, 0.4) is 0 Å². The number of amides is 1. The number of nitrogens with zero attached hydrogens (tertiary/aromatic N) is 2. The smallest absolute Gasteiger partial charge is 0.270 e. The molecule has 3 aromatic heterocycles. The lowest BCUT2D eigenvalue weighted by Gasteiger charge is -2.02. The molecule has 0 aliphatic heterocycles. The molecule has 0 atom stereocenters. The monoisotopic (exact) mass is 371 g/mol. The van der Waals surface area contributed by atoms with E-state index in [2.05, 4.69) is 15.5 Å². The van der Waals surface area contributed by atoms with Crippen LogP contribution in [0.15, 0.2) is 57.7 Å². The molecule has 124 valence electrons. The Morgan fingerprint density at radius 3 is 2.68 bits per heavy atom. The Kier molecular flexibility index (Phi) is 4.12. The van der Waals surface area contributed by atoms with Gasteiger partial charge in [-0.25, -0.2) is 4.39 Å². The van der Waals surface area contributed by atoms with Crippen LogP contribution in [0, 0.1) is 5.82 Å². The molecule has 1 aromatic carbocycles. The lowest BCUT2D eigenvalue weighted by atomic mass is 10.2. The van der Waals surface area contributed by atoms with Crippen molar-refractivity contribution < 1.29 is 13.7 Å². The molecule has 4 rings (SSSR count). The Hall–Kier alpha value is -2.84. The Bertz CT molecular complexity index is 1010. The Morgan fingerprint density at radius 2 is 1.92 bits per heavy atom. The number of nitrogens with one attached hydrogen (secondary N) is 1. The van der Waals surface area contributed by atoms with E-state index < -0.39 is 0 Å². The van der Waals surface area contributed by atoms with E-state index in [4.69, 9.17) is 4.52 Å². The van der Waals surface area contributed by atoms with Gasteiger partial charge < -0.3 is 9.84 Å². The van der Waals surface area contributed by atoms with Crippen LogP contribution in [0.1, 0.15) is 9.67 Å². The maximum Gasteiger partial charge on any atom is 0.270 e. The third-order valence-corrected chi connectivity index (χ3v) is 5.15. The second-order valence-electron chi connectivity index (χ2n) is 5.02. The third-order valence-electron chi connectivity index (χ3n) is 3.38. The van der Waals surface area contributed by atoms with Crippen LogP contribution in [-0.4, -0.2) is 16.0 Å². The fourth-order valence-corrected chi connectivity index (χ4v) is 3.59. The zero-order chi connectivity index (χ0) is 17.2. The molecular weight excluding hydrogens is 361 g/mol. The zero-order valence-corrected chi connectivity index (χ0v) is 14.2.